The Balaban J connectivity index is 4.70. The Hall–Kier alpha value is -0.520. The number of hydrogen-bond donors (Lipinski definition) is 0. The molecule has 140 heavy (non-hydrogen) atoms. The van der Waals surface area contributed by atoms with Gasteiger partial charge in [-0.25, -0.2) is 0 Å². The molecule has 0 saturated carbocycles. The fourth-order valence-corrected chi connectivity index (χ4v) is 24.7. The van der Waals surface area contributed by atoms with Gasteiger partial charge < -0.3 is 0 Å². The summed E-state index contributed by atoms with van der Waals surface area (Å²) in [6.45, 7) is 17.5. The minimum absolute atomic E-state index is 0.951. The molecule has 838 valence electrons. The molecule has 0 aliphatic carbocycles. The van der Waals surface area contributed by atoms with Crippen LogP contribution in [0.5, 0.6) is 0 Å². The average Bonchev–Trinajstić information content (AvgIpc) is 0.953. The first-order chi connectivity index (χ1) is 69.6. The molecule has 4 atom stereocenters. The third kappa shape index (κ3) is 123. The number of hydrogen-bond acceptors (Lipinski definition) is 0. The molecular weight excluding hydrogens is 1680 g/mol. The van der Waals surface area contributed by atoms with E-state index in [0.29, 0.717) is 0 Å². The number of unbranched alkanes of at least 4 members (excludes halogenated alkanes) is 108. The summed E-state index contributed by atoms with van der Waals surface area (Å²) >= 11 is 0. The lowest BCUT2D eigenvalue weighted by atomic mass is 9.84. The van der Waals surface area contributed by atoms with E-state index in [4.69, 9.17) is 0 Å². The molecule has 0 rings (SSSR count). The molecule has 0 saturated heterocycles. The van der Waals surface area contributed by atoms with Crippen LogP contribution in [0.3, 0.4) is 0 Å². The van der Waals surface area contributed by atoms with Crippen molar-refractivity contribution in [2.45, 2.75) is 850 Å². The zero-order chi connectivity index (χ0) is 100. The van der Waals surface area contributed by atoms with Crippen LogP contribution in [0.2, 0.25) is 0 Å². The van der Waals surface area contributed by atoms with Crippen LogP contribution in [-0.2, 0) is 0 Å². The normalized spacial score (nSPS) is 12.7. The summed E-state index contributed by atoms with van der Waals surface area (Å²) in [6.07, 6.45) is 194. The average molecular weight is 1960 g/mol. The summed E-state index contributed by atoms with van der Waals surface area (Å²) in [4.78, 5) is 0. The summed E-state index contributed by atoms with van der Waals surface area (Å²) < 4.78 is 0. The molecule has 0 spiro atoms. The summed E-state index contributed by atoms with van der Waals surface area (Å²) in [6, 6.07) is 0. The largest absolute Gasteiger partial charge is 0.103 e. The van der Waals surface area contributed by atoms with E-state index < -0.39 is 0 Å². The zero-order valence-electron chi connectivity index (χ0n) is 99.4. The van der Waals surface area contributed by atoms with E-state index in [1.54, 1.807) is 38.5 Å². The van der Waals surface area contributed by atoms with Crippen LogP contribution < -0.4 is 0 Å². The third-order valence-electron chi connectivity index (χ3n) is 34.9. The lowest BCUT2D eigenvalue weighted by Gasteiger charge is -2.22. The molecule has 4 unspecified atom stereocenters. The lowest BCUT2D eigenvalue weighted by Crippen LogP contribution is -2.07. The minimum atomic E-state index is 0.951. The van der Waals surface area contributed by atoms with Gasteiger partial charge in [-0.05, 0) is 49.4 Å². The maximum Gasteiger partial charge on any atom is -0.0351 e. The van der Waals surface area contributed by atoms with E-state index in [2.05, 4.69) is 53.0 Å². The monoisotopic (exact) mass is 1960 g/mol. The molecule has 0 aromatic heterocycles. The lowest BCUT2D eigenvalue weighted by molar-refractivity contribution is 0.308. The fourth-order valence-electron chi connectivity index (χ4n) is 24.7. The SMILES string of the molecule is C=CCCC(CCCCCCCCC)CCCCCCCCCCCCCCCCCCCCCCCCCCCCCCCCC(CCCCCCCCCCCCCCCCCCCCCC)CCC(CCCCCCCCCCCCCCCCC)CCCCCCCCCCCCCCCCCCCCC(CCC=C)CCCCCCCCCCCCCCCCCCCCCCCCCC. The minimum Gasteiger partial charge on any atom is -0.103 e. The van der Waals surface area contributed by atoms with Gasteiger partial charge >= 0.3 is 0 Å². The van der Waals surface area contributed by atoms with Crippen molar-refractivity contribution in [1.82, 2.24) is 0 Å². The highest BCUT2D eigenvalue weighted by molar-refractivity contribution is 4.74. The molecule has 0 heteroatoms. The van der Waals surface area contributed by atoms with Crippen LogP contribution >= 0.6 is 0 Å². The van der Waals surface area contributed by atoms with Gasteiger partial charge in [-0.15, -0.1) is 13.2 Å². The molecule has 0 radical (unpaired) electrons. The van der Waals surface area contributed by atoms with Crippen LogP contribution in [0, 0.1) is 23.7 Å². The van der Waals surface area contributed by atoms with Crippen molar-refractivity contribution < 1.29 is 0 Å². The standard InChI is InChI=1S/C140H278/c1-7-13-19-23-27-30-33-36-39-41-43-45-46-55-58-62-67-75-82-88-95-103-111-119-129-138(126-18-12-6)130-120-112-104-96-89-83-76-71-65-66-72-79-86-93-100-108-116-124-132-139(131-121-113-105-97-90-80-73-38-35-32-29-25-21-15-9-3)135-136-140(133-122-114-106-98-91-84-77-69-61-44-42-40-37-34-31-28-24-20-14-8-2)134-123-115-107-99-92-85-78-70-64-60-57-54-52-50-48-47-49-51-53-56-59-63-68-74-81-87-94-102-110-118-128-137(125-17-11-5)127-117-109-101-26-22-16-10-4/h11-12,137-140H,5-10,13-136H2,1-4H3. The summed E-state index contributed by atoms with van der Waals surface area (Å²) in [7, 11) is 0. The van der Waals surface area contributed by atoms with Gasteiger partial charge in [0.15, 0.2) is 0 Å². The Kier molecular flexibility index (Phi) is 130. The molecule has 0 bridgehead atoms. The second kappa shape index (κ2) is 131. The highest BCUT2D eigenvalue weighted by Crippen LogP contribution is 2.34. The zero-order valence-corrected chi connectivity index (χ0v) is 99.4. The predicted octanol–water partition coefficient (Wildman–Crippen LogP) is 53.8. The van der Waals surface area contributed by atoms with Crippen LogP contribution in [0.25, 0.3) is 0 Å². The van der Waals surface area contributed by atoms with Crippen molar-refractivity contribution in [2.24, 2.45) is 23.7 Å². The van der Waals surface area contributed by atoms with E-state index in [9.17, 15) is 0 Å². The second-order valence-electron chi connectivity index (χ2n) is 49.0. The van der Waals surface area contributed by atoms with Gasteiger partial charge in [0, 0.05) is 0 Å². The molecule has 0 nitrogen and oxygen atoms in total. The Morgan fingerprint density at radius 1 is 0.0929 bits per heavy atom. The summed E-state index contributed by atoms with van der Waals surface area (Å²) in [5, 5.41) is 0. The van der Waals surface area contributed by atoms with E-state index in [0.717, 1.165) is 23.7 Å². The smallest absolute Gasteiger partial charge is 0.0351 e. The second-order valence-corrected chi connectivity index (χ2v) is 49.0. The molecule has 0 heterocycles. The number of rotatable bonds is 133. The summed E-state index contributed by atoms with van der Waals surface area (Å²) in [5.41, 5.74) is 0. The fraction of sp³-hybridized carbons (Fsp3) is 0.971. The molecule has 0 aliphatic rings. The van der Waals surface area contributed by atoms with Crippen LogP contribution in [-0.4, -0.2) is 0 Å². The van der Waals surface area contributed by atoms with Gasteiger partial charge in [-0.2, -0.15) is 0 Å². The van der Waals surface area contributed by atoms with Gasteiger partial charge in [0.2, 0.25) is 0 Å². The van der Waals surface area contributed by atoms with Gasteiger partial charge in [0.1, 0.15) is 0 Å². The first-order valence-corrected chi connectivity index (χ1v) is 68.9. The van der Waals surface area contributed by atoms with Crippen LogP contribution in [0.15, 0.2) is 25.3 Å². The molecule has 0 aromatic carbocycles. The molecule has 0 N–H and O–H groups in total. The van der Waals surface area contributed by atoms with Crippen molar-refractivity contribution >= 4 is 0 Å². The van der Waals surface area contributed by atoms with E-state index >= 15 is 0 Å². The quantitative estimate of drug-likeness (QED) is 0.0421. The van der Waals surface area contributed by atoms with Crippen molar-refractivity contribution in [3.63, 3.8) is 0 Å². The molecule has 0 aromatic rings. The van der Waals surface area contributed by atoms with Crippen LogP contribution in [0.4, 0.5) is 0 Å². The predicted molar refractivity (Wildman–Crippen MR) is 648 cm³/mol. The maximum atomic E-state index is 4.10. The third-order valence-corrected chi connectivity index (χ3v) is 34.9. The van der Waals surface area contributed by atoms with E-state index in [-0.39, 0.29) is 0 Å². The Morgan fingerprint density at radius 2 is 0.164 bits per heavy atom. The highest BCUT2D eigenvalue weighted by Gasteiger charge is 2.17. The molecule has 0 amide bonds. The van der Waals surface area contributed by atoms with Gasteiger partial charge in [-0.3, -0.25) is 0 Å². The first kappa shape index (κ1) is 139. The van der Waals surface area contributed by atoms with Crippen molar-refractivity contribution in [3.8, 4) is 0 Å². The summed E-state index contributed by atoms with van der Waals surface area (Å²) in [5.74, 6) is 3.91. The first-order valence-electron chi connectivity index (χ1n) is 68.9. The van der Waals surface area contributed by atoms with E-state index in [1.165, 1.54) is 783 Å². The van der Waals surface area contributed by atoms with Gasteiger partial charge in [0.25, 0.3) is 0 Å². The number of allylic oxidation sites excluding steroid dienone is 2. The highest BCUT2D eigenvalue weighted by atomic mass is 14.2. The topological polar surface area (TPSA) is 0 Å². The maximum absolute atomic E-state index is 4.10. The molecule has 0 fully saturated rings. The van der Waals surface area contributed by atoms with Gasteiger partial charge in [0.05, 0.1) is 0 Å². The Labute approximate surface area is 892 Å². The van der Waals surface area contributed by atoms with E-state index in [1.807, 2.05) is 0 Å². The Morgan fingerprint density at radius 3 is 0.243 bits per heavy atom. The Bertz CT molecular complexity index is 2100. The van der Waals surface area contributed by atoms with Crippen LogP contribution in [0.1, 0.15) is 850 Å². The van der Waals surface area contributed by atoms with Gasteiger partial charge in [-0.1, -0.05) is 836 Å². The van der Waals surface area contributed by atoms with Crippen molar-refractivity contribution in [3.05, 3.63) is 25.3 Å². The molecular formula is C140H278. The molecule has 0 aliphatic heterocycles. The van der Waals surface area contributed by atoms with Crippen molar-refractivity contribution in [1.29, 1.82) is 0 Å². The van der Waals surface area contributed by atoms with Crippen molar-refractivity contribution in [2.75, 3.05) is 0 Å².